The average molecular weight is 221 g/mol. The van der Waals surface area contributed by atoms with Gasteiger partial charge >= 0.3 is 0 Å². The molecule has 1 unspecified atom stereocenters. The largest absolute Gasteiger partial charge is 0.324 e. The number of carbonyl (C=O) groups excluding carboxylic acids is 1. The van der Waals surface area contributed by atoms with Crippen LogP contribution in [0.1, 0.15) is 20.3 Å². The molecule has 1 aliphatic heterocycles. The second-order valence-corrected chi connectivity index (χ2v) is 5.47. The van der Waals surface area contributed by atoms with E-state index in [-0.39, 0.29) is 11.2 Å². The molecule has 1 aromatic rings. The molecule has 3 heteroatoms. The molecule has 0 spiro atoms. The molecule has 15 heavy (non-hydrogen) atoms. The summed E-state index contributed by atoms with van der Waals surface area (Å²) in [6, 6.07) is 7.97. The summed E-state index contributed by atoms with van der Waals surface area (Å²) in [5.74, 6) is 0.700. The minimum Gasteiger partial charge on any atom is -0.324 e. The Balaban J connectivity index is 2.18. The van der Waals surface area contributed by atoms with Gasteiger partial charge in [-0.15, -0.1) is 11.8 Å². The summed E-state index contributed by atoms with van der Waals surface area (Å²) in [7, 11) is 0. The fraction of sp³-hybridized carbons (Fsp3) is 0.417. The number of benzene rings is 1. The first-order valence-corrected chi connectivity index (χ1v) is 6.11. The van der Waals surface area contributed by atoms with Crippen LogP contribution in [0.4, 0.5) is 5.69 Å². The van der Waals surface area contributed by atoms with E-state index >= 15 is 0 Å². The topological polar surface area (TPSA) is 29.1 Å². The Bertz CT molecular complexity index is 376. The fourth-order valence-corrected chi connectivity index (χ4v) is 3.03. The van der Waals surface area contributed by atoms with Crippen LogP contribution < -0.4 is 5.32 Å². The van der Waals surface area contributed by atoms with Crippen molar-refractivity contribution in [3.05, 3.63) is 24.3 Å². The quantitative estimate of drug-likeness (QED) is 0.831. The minimum atomic E-state index is 0.0694. The number of nitrogens with one attached hydrogen (secondary N) is 1. The molecule has 80 valence electrons. The Morgan fingerprint density at radius 1 is 1.40 bits per heavy atom. The first-order chi connectivity index (χ1) is 7.16. The third-order valence-electron chi connectivity index (χ3n) is 2.39. The molecule has 0 aliphatic carbocycles. The van der Waals surface area contributed by atoms with Gasteiger partial charge < -0.3 is 5.32 Å². The van der Waals surface area contributed by atoms with Crippen molar-refractivity contribution >= 4 is 23.4 Å². The van der Waals surface area contributed by atoms with Crippen LogP contribution in [0.3, 0.4) is 0 Å². The van der Waals surface area contributed by atoms with Gasteiger partial charge in [0.1, 0.15) is 0 Å². The number of thioether (sulfide) groups is 1. The van der Waals surface area contributed by atoms with Crippen molar-refractivity contribution in [2.45, 2.75) is 30.4 Å². The summed E-state index contributed by atoms with van der Waals surface area (Å²) in [6.07, 6.45) is 0.935. The molecule has 1 atom stereocenters. The smallest absolute Gasteiger partial charge is 0.237 e. The molecule has 0 saturated heterocycles. The Labute approximate surface area is 94.4 Å². The van der Waals surface area contributed by atoms with Crippen LogP contribution in [0, 0.1) is 5.92 Å². The number of hydrogen-bond donors (Lipinski definition) is 1. The van der Waals surface area contributed by atoms with E-state index in [0.717, 1.165) is 12.1 Å². The van der Waals surface area contributed by atoms with Gasteiger partial charge in [-0.05, 0) is 24.5 Å². The van der Waals surface area contributed by atoms with Crippen LogP contribution >= 0.6 is 11.8 Å². The Morgan fingerprint density at radius 3 is 2.87 bits per heavy atom. The summed E-state index contributed by atoms with van der Waals surface area (Å²) in [5.41, 5.74) is 0.951. The van der Waals surface area contributed by atoms with Crippen molar-refractivity contribution < 1.29 is 4.79 Å². The van der Waals surface area contributed by atoms with Crippen LogP contribution in [-0.4, -0.2) is 11.2 Å². The van der Waals surface area contributed by atoms with Crippen molar-refractivity contribution in [3.8, 4) is 0 Å². The summed E-state index contributed by atoms with van der Waals surface area (Å²) in [5, 5.41) is 3.02. The fourth-order valence-electron chi connectivity index (χ4n) is 1.68. The molecule has 1 aliphatic rings. The molecule has 2 nitrogen and oxygen atoms in total. The number of amides is 1. The van der Waals surface area contributed by atoms with E-state index in [4.69, 9.17) is 0 Å². The van der Waals surface area contributed by atoms with Crippen molar-refractivity contribution in [3.63, 3.8) is 0 Å². The lowest BCUT2D eigenvalue weighted by Crippen LogP contribution is -2.29. The molecule has 1 N–H and O–H groups in total. The third-order valence-corrected chi connectivity index (χ3v) is 3.69. The van der Waals surface area contributed by atoms with Gasteiger partial charge in [-0.3, -0.25) is 4.79 Å². The summed E-state index contributed by atoms with van der Waals surface area (Å²) >= 11 is 1.68. The highest BCUT2D eigenvalue weighted by molar-refractivity contribution is 8.01. The molecule has 1 heterocycles. The highest BCUT2D eigenvalue weighted by atomic mass is 32.2. The Morgan fingerprint density at radius 2 is 2.13 bits per heavy atom. The van der Waals surface area contributed by atoms with E-state index in [0.29, 0.717) is 5.92 Å². The summed E-state index contributed by atoms with van der Waals surface area (Å²) in [4.78, 5) is 12.9. The maximum absolute atomic E-state index is 11.8. The van der Waals surface area contributed by atoms with Gasteiger partial charge in [-0.1, -0.05) is 26.0 Å². The molecule has 0 bridgehead atoms. The summed E-state index contributed by atoms with van der Waals surface area (Å²) in [6.45, 7) is 4.29. The zero-order chi connectivity index (χ0) is 10.8. The van der Waals surface area contributed by atoms with Gasteiger partial charge in [-0.25, -0.2) is 0 Å². The van der Waals surface area contributed by atoms with Gasteiger partial charge in [0.25, 0.3) is 0 Å². The number of fused-ring (bicyclic) bond motifs is 1. The van der Waals surface area contributed by atoms with Crippen LogP contribution in [-0.2, 0) is 4.79 Å². The maximum atomic E-state index is 11.8. The maximum Gasteiger partial charge on any atom is 0.237 e. The highest BCUT2D eigenvalue weighted by Gasteiger charge is 2.26. The van der Waals surface area contributed by atoms with Crippen molar-refractivity contribution in [1.82, 2.24) is 0 Å². The van der Waals surface area contributed by atoms with Crippen LogP contribution in [0.25, 0.3) is 0 Å². The minimum absolute atomic E-state index is 0.0694. The molecule has 1 amide bonds. The molecule has 0 fully saturated rings. The third kappa shape index (κ3) is 2.34. The highest BCUT2D eigenvalue weighted by Crippen LogP contribution is 2.37. The first-order valence-electron chi connectivity index (χ1n) is 5.23. The zero-order valence-electron chi connectivity index (χ0n) is 8.99. The zero-order valence-corrected chi connectivity index (χ0v) is 9.80. The molecule has 0 radical (unpaired) electrons. The average Bonchev–Trinajstić information content (AvgIpc) is 2.18. The van der Waals surface area contributed by atoms with Crippen molar-refractivity contribution in [1.29, 1.82) is 0 Å². The Kier molecular flexibility index (Phi) is 3.00. The predicted octanol–water partition coefficient (Wildman–Crippen LogP) is 3.15. The SMILES string of the molecule is CC(C)CC1Sc2ccccc2NC1=O. The number of carbonyl (C=O) groups is 1. The molecular weight excluding hydrogens is 206 g/mol. The lowest BCUT2D eigenvalue weighted by molar-refractivity contribution is -0.116. The molecule has 0 aromatic heterocycles. The number of hydrogen-bond acceptors (Lipinski definition) is 2. The lowest BCUT2D eigenvalue weighted by Gasteiger charge is -2.24. The monoisotopic (exact) mass is 221 g/mol. The first kappa shape index (κ1) is 10.6. The van der Waals surface area contributed by atoms with Crippen LogP contribution in [0.5, 0.6) is 0 Å². The van der Waals surface area contributed by atoms with Crippen molar-refractivity contribution in [2.24, 2.45) is 5.92 Å². The van der Waals surface area contributed by atoms with E-state index in [1.165, 1.54) is 4.90 Å². The second-order valence-electron chi connectivity index (χ2n) is 4.22. The van der Waals surface area contributed by atoms with Crippen LogP contribution in [0.2, 0.25) is 0 Å². The molecule has 2 rings (SSSR count). The predicted molar refractivity (Wildman–Crippen MR) is 64.2 cm³/mol. The van der Waals surface area contributed by atoms with Gasteiger partial charge in [0, 0.05) is 4.90 Å². The van der Waals surface area contributed by atoms with E-state index in [1.54, 1.807) is 11.8 Å². The van der Waals surface area contributed by atoms with Crippen LogP contribution in [0.15, 0.2) is 29.2 Å². The van der Waals surface area contributed by atoms with E-state index < -0.39 is 0 Å². The Hall–Kier alpha value is -0.960. The van der Waals surface area contributed by atoms with Gasteiger partial charge in [-0.2, -0.15) is 0 Å². The number of para-hydroxylation sites is 1. The molecule has 0 saturated carbocycles. The van der Waals surface area contributed by atoms with Gasteiger partial charge in [0.2, 0.25) is 5.91 Å². The number of rotatable bonds is 2. The van der Waals surface area contributed by atoms with Gasteiger partial charge in [0.05, 0.1) is 10.9 Å². The summed E-state index contributed by atoms with van der Waals surface area (Å²) < 4.78 is 0. The van der Waals surface area contributed by atoms with E-state index in [9.17, 15) is 4.79 Å². The van der Waals surface area contributed by atoms with E-state index in [1.807, 2.05) is 18.2 Å². The number of anilines is 1. The van der Waals surface area contributed by atoms with Crippen molar-refractivity contribution in [2.75, 3.05) is 5.32 Å². The molecular formula is C12H15NOS. The molecule has 1 aromatic carbocycles. The normalized spacial score (nSPS) is 19.9. The van der Waals surface area contributed by atoms with Gasteiger partial charge in [0.15, 0.2) is 0 Å². The second kappa shape index (κ2) is 4.27. The van der Waals surface area contributed by atoms with E-state index in [2.05, 4.69) is 25.2 Å². The lowest BCUT2D eigenvalue weighted by atomic mass is 10.1. The standard InChI is InChI=1S/C12H15NOS/c1-8(2)7-11-12(14)13-9-5-3-4-6-10(9)15-11/h3-6,8,11H,7H2,1-2H3,(H,13,14).